The molecular weight excluding hydrogens is 304 g/mol. The Morgan fingerprint density at radius 2 is 2.00 bits per heavy atom. The molecule has 0 amide bonds. The zero-order chi connectivity index (χ0) is 16.1. The van der Waals surface area contributed by atoms with Gasteiger partial charge in [-0.1, -0.05) is 30.3 Å². The number of nitrogens with two attached hydrogens (primary N) is 1. The molecule has 126 valence electrons. The molecule has 1 aromatic rings. The predicted octanol–water partition coefficient (Wildman–Crippen LogP) is 2.26. The van der Waals surface area contributed by atoms with E-state index in [1.807, 2.05) is 11.8 Å². The van der Waals surface area contributed by atoms with Crippen LogP contribution in [-0.2, 0) is 6.54 Å². The highest BCUT2D eigenvalue weighted by atomic mass is 32.2. The highest BCUT2D eigenvalue weighted by molar-refractivity contribution is 7.99. The molecule has 2 aliphatic heterocycles. The lowest BCUT2D eigenvalue weighted by atomic mass is 10.1. The summed E-state index contributed by atoms with van der Waals surface area (Å²) in [6, 6.07) is 11.4. The Hall–Kier alpha value is -1.20. The number of hydrogen-bond acceptors (Lipinski definition) is 3. The van der Waals surface area contributed by atoms with Crippen molar-refractivity contribution in [3.8, 4) is 0 Å². The van der Waals surface area contributed by atoms with Gasteiger partial charge in [-0.25, -0.2) is 0 Å². The van der Waals surface area contributed by atoms with E-state index in [1.165, 1.54) is 23.5 Å². The lowest BCUT2D eigenvalue weighted by Gasteiger charge is -2.27. The standard InChI is InChI=1S/C18H28N4S/c1-15-11-17(12-20-18(19)21-7-9-23-10-8-21)14-22(15)13-16-5-3-2-4-6-16/h2-6,15,17H,7-14H2,1H3,(H2,19,20)/t15-,17+/m0/s1. The van der Waals surface area contributed by atoms with Gasteiger partial charge in [0.25, 0.3) is 0 Å². The number of likely N-dealkylation sites (tertiary alicyclic amines) is 1. The van der Waals surface area contributed by atoms with Crippen LogP contribution in [0.5, 0.6) is 0 Å². The maximum absolute atomic E-state index is 6.17. The summed E-state index contributed by atoms with van der Waals surface area (Å²) in [7, 11) is 0. The molecule has 5 heteroatoms. The fourth-order valence-corrected chi connectivity index (χ4v) is 4.41. The van der Waals surface area contributed by atoms with Gasteiger partial charge in [0.05, 0.1) is 0 Å². The second-order valence-corrected chi connectivity index (χ2v) is 7.89. The number of thioether (sulfide) groups is 1. The van der Waals surface area contributed by atoms with Crippen molar-refractivity contribution in [3.63, 3.8) is 0 Å². The van der Waals surface area contributed by atoms with Gasteiger partial charge in [0.15, 0.2) is 5.96 Å². The van der Waals surface area contributed by atoms with Crippen LogP contribution in [0.3, 0.4) is 0 Å². The molecule has 1 aromatic carbocycles. The summed E-state index contributed by atoms with van der Waals surface area (Å²) in [6.07, 6.45) is 1.22. The Labute approximate surface area is 144 Å². The molecule has 0 aliphatic carbocycles. The minimum absolute atomic E-state index is 0.628. The Morgan fingerprint density at radius 1 is 1.26 bits per heavy atom. The fourth-order valence-electron chi connectivity index (χ4n) is 3.50. The quantitative estimate of drug-likeness (QED) is 0.678. The molecule has 2 saturated heterocycles. The summed E-state index contributed by atoms with van der Waals surface area (Å²) in [5.41, 5.74) is 7.57. The van der Waals surface area contributed by atoms with E-state index in [1.54, 1.807) is 0 Å². The summed E-state index contributed by atoms with van der Waals surface area (Å²) >= 11 is 2.00. The molecular formula is C18H28N4S. The minimum Gasteiger partial charge on any atom is -0.370 e. The third kappa shape index (κ3) is 4.64. The van der Waals surface area contributed by atoms with E-state index in [-0.39, 0.29) is 0 Å². The molecule has 2 fully saturated rings. The molecule has 0 spiro atoms. The van der Waals surface area contributed by atoms with Gasteiger partial charge in [-0.2, -0.15) is 11.8 Å². The molecule has 2 N–H and O–H groups in total. The first-order valence-corrected chi connectivity index (χ1v) is 9.78. The molecule has 0 bridgehead atoms. The second-order valence-electron chi connectivity index (χ2n) is 6.66. The van der Waals surface area contributed by atoms with E-state index >= 15 is 0 Å². The number of hydrogen-bond donors (Lipinski definition) is 1. The van der Waals surface area contributed by atoms with Crippen molar-refractivity contribution in [1.29, 1.82) is 0 Å². The van der Waals surface area contributed by atoms with E-state index in [4.69, 9.17) is 10.7 Å². The average Bonchev–Trinajstić information content (AvgIpc) is 2.94. The average molecular weight is 333 g/mol. The summed E-state index contributed by atoms with van der Waals surface area (Å²) in [5, 5.41) is 0. The fraction of sp³-hybridized carbons (Fsp3) is 0.611. The second kappa shape index (κ2) is 8.06. The van der Waals surface area contributed by atoms with Crippen LogP contribution < -0.4 is 5.73 Å². The van der Waals surface area contributed by atoms with Gasteiger partial charge in [-0.3, -0.25) is 9.89 Å². The van der Waals surface area contributed by atoms with E-state index < -0.39 is 0 Å². The molecule has 0 unspecified atom stereocenters. The highest BCUT2D eigenvalue weighted by Gasteiger charge is 2.28. The third-order valence-electron chi connectivity index (χ3n) is 4.87. The summed E-state index contributed by atoms with van der Waals surface area (Å²) in [4.78, 5) is 9.50. The summed E-state index contributed by atoms with van der Waals surface area (Å²) in [5.74, 6) is 3.72. The monoisotopic (exact) mass is 332 g/mol. The van der Waals surface area contributed by atoms with Crippen molar-refractivity contribution in [2.24, 2.45) is 16.6 Å². The molecule has 3 rings (SSSR count). The molecule has 2 heterocycles. The van der Waals surface area contributed by atoms with Crippen molar-refractivity contribution in [2.45, 2.75) is 25.9 Å². The van der Waals surface area contributed by atoms with Crippen molar-refractivity contribution >= 4 is 17.7 Å². The molecule has 4 nitrogen and oxygen atoms in total. The van der Waals surface area contributed by atoms with Gasteiger partial charge < -0.3 is 10.6 Å². The van der Waals surface area contributed by atoms with Crippen LogP contribution in [0.15, 0.2) is 35.3 Å². The number of nitrogens with zero attached hydrogens (tertiary/aromatic N) is 3. The first-order valence-electron chi connectivity index (χ1n) is 8.63. The van der Waals surface area contributed by atoms with Crippen LogP contribution in [0.1, 0.15) is 18.9 Å². The smallest absolute Gasteiger partial charge is 0.191 e. The van der Waals surface area contributed by atoms with Crippen LogP contribution in [0.4, 0.5) is 0 Å². The lowest BCUT2D eigenvalue weighted by molar-refractivity contribution is 0.256. The lowest BCUT2D eigenvalue weighted by Crippen LogP contribution is -2.43. The summed E-state index contributed by atoms with van der Waals surface area (Å²) < 4.78 is 0. The third-order valence-corrected chi connectivity index (χ3v) is 5.81. The van der Waals surface area contributed by atoms with Gasteiger partial charge in [0, 0.05) is 50.3 Å². The van der Waals surface area contributed by atoms with Crippen LogP contribution >= 0.6 is 11.8 Å². The molecule has 23 heavy (non-hydrogen) atoms. The molecule has 2 aliphatic rings. The summed E-state index contributed by atoms with van der Waals surface area (Å²) in [6.45, 7) is 7.45. The van der Waals surface area contributed by atoms with Crippen LogP contribution in [0, 0.1) is 5.92 Å². The van der Waals surface area contributed by atoms with Gasteiger partial charge in [-0.15, -0.1) is 0 Å². The maximum atomic E-state index is 6.17. The van der Waals surface area contributed by atoms with Gasteiger partial charge in [-0.05, 0) is 24.8 Å². The highest BCUT2D eigenvalue weighted by Crippen LogP contribution is 2.25. The largest absolute Gasteiger partial charge is 0.370 e. The van der Waals surface area contributed by atoms with Crippen LogP contribution in [0.25, 0.3) is 0 Å². The topological polar surface area (TPSA) is 44.9 Å². The SMILES string of the molecule is C[C@H]1C[C@H](CN=C(N)N2CCSCC2)CN1Cc1ccccc1. The van der Waals surface area contributed by atoms with Crippen LogP contribution in [-0.4, -0.2) is 59.5 Å². The van der Waals surface area contributed by atoms with Gasteiger partial charge >= 0.3 is 0 Å². The van der Waals surface area contributed by atoms with Crippen molar-refractivity contribution in [2.75, 3.05) is 37.7 Å². The number of rotatable bonds is 4. The number of benzene rings is 1. The number of guanidine groups is 1. The van der Waals surface area contributed by atoms with E-state index in [0.29, 0.717) is 12.0 Å². The molecule has 2 atom stereocenters. The maximum Gasteiger partial charge on any atom is 0.191 e. The Balaban J connectivity index is 1.50. The van der Waals surface area contributed by atoms with E-state index in [0.717, 1.165) is 38.7 Å². The molecule has 0 saturated carbocycles. The van der Waals surface area contributed by atoms with Gasteiger partial charge in [0.2, 0.25) is 0 Å². The first-order chi connectivity index (χ1) is 11.2. The minimum atomic E-state index is 0.628. The zero-order valence-electron chi connectivity index (χ0n) is 14.0. The Morgan fingerprint density at radius 3 is 2.74 bits per heavy atom. The van der Waals surface area contributed by atoms with Crippen molar-refractivity contribution < 1.29 is 0 Å². The normalized spacial score (nSPS) is 26.7. The number of aliphatic imine (C=N–C) groups is 1. The van der Waals surface area contributed by atoms with Crippen molar-refractivity contribution in [3.05, 3.63) is 35.9 Å². The first kappa shape index (κ1) is 16.7. The van der Waals surface area contributed by atoms with Gasteiger partial charge in [0.1, 0.15) is 0 Å². The molecule has 0 aromatic heterocycles. The molecule has 0 radical (unpaired) electrons. The Bertz CT molecular complexity index is 513. The van der Waals surface area contributed by atoms with E-state index in [2.05, 4.69) is 47.1 Å². The van der Waals surface area contributed by atoms with Crippen LogP contribution in [0.2, 0.25) is 0 Å². The predicted molar refractivity (Wildman–Crippen MR) is 99.8 cm³/mol. The van der Waals surface area contributed by atoms with Crippen molar-refractivity contribution in [1.82, 2.24) is 9.80 Å². The zero-order valence-corrected chi connectivity index (χ0v) is 14.8. The Kier molecular flexibility index (Phi) is 5.84. The van der Waals surface area contributed by atoms with E-state index in [9.17, 15) is 0 Å².